The average molecular weight is 311 g/mol. The third-order valence-corrected chi connectivity index (χ3v) is 4.42. The largest absolute Gasteiger partial charge is 0.378 e. The Labute approximate surface area is 139 Å². The summed E-state index contributed by atoms with van der Waals surface area (Å²) in [6.07, 6.45) is 20.4. The van der Waals surface area contributed by atoms with Gasteiger partial charge in [-0.1, -0.05) is 65.2 Å². The minimum absolute atomic E-state index is 0.329. The summed E-state index contributed by atoms with van der Waals surface area (Å²) >= 11 is 0. The molecule has 1 aliphatic rings. The van der Waals surface area contributed by atoms with Gasteiger partial charge in [-0.2, -0.15) is 0 Å². The first-order chi connectivity index (χ1) is 10.9. The highest BCUT2D eigenvalue weighted by Gasteiger charge is 2.22. The minimum atomic E-state index is 0.329. The fourth-order valence-electron chi connectivity index (χ4n) is 2.92. The first kappa shape index (κ1) is 20.0. The molecule has 0 aromatic heterocycles. The molecule has 2 unspecified atom stereocenters. The Morgan fingerprint density at radius 1 is 0.636 bits per heavy atom. The summed E-state index contributed by atoms with van der Waals surface area (Å²) in [6.45, 7) is 6.35. The van der Waals surface area contributed by atoms with Crippen LogP contribution in [0.3, 0.4) is 0 Å². The molecule has 2 atom stereocenters. The molecule has 1 saturated carbocycles. The minimum Gasteiger partial charge on any atom is -0.378 e. The highest BCUT2D eigenvalue weighted by molar-refractivity contribution is 4.96. The lowest BCUT2D eigenvalue weighted by Gasteiger charge is -2.28. The standard InChI is InChI=1S/C20H38O2/c1-3-5-7-9-11-17-21-19-13-15-20(16-14-19)22-18-12-10-8-6-4-2/h13,16,19-20H,3-12,14-15,17-18H2,1-2H3. The van der Waals surface area contributed by atoms with Crippen molar-refractivity contribution in [3.8, 4) is 0 Å². The first-order valence-electron chi connectivity index (χ1n) is 9.76. The summed E-state index contributed by atoms with van der Waals surface area (Å²) in [5, 5.41) is 0. The van der Waals surface area contributed by atoms with Crippen LogP contribution in [-0.4, -0.2) is 25.4 Å². The second-order valence-electron chi connectivity index (χ2n) is 6.59. The monoisotopic (exact) mass is 310 g/mol. The Balaban J connectivity index is 1.88. The van der Waals surface area contributed by atoms with Crippen molar-refractivity contribution in [3.05, 3.63) is 12.8 Å². The Bertz CT molecular complexity index is 198. The van der Waals surface area contributed by atoms with Gasteiger partial charge in [0.05, 0.1) is 12.2 Å². The predicted molar refractivity (Wildman–Crippen MR) is 94.8 cm³/mol. The van der Waals surface area contributed by atoms with Gasteiger partial charge < -0.3 is 9.47 Å². The van der Waals surface area contributed by atoms with Gasteiger partial charge in [0, 0.05) is 13.2 Å². The molecule has 0 bridgehead atoms. The van der Waals surface area contributed by atoms with E-state index < -0.39 is 0 Å². The third kappa shape index (κ3) is 10.6. The van der Waals surface area contributed by atoms with Gasteiger partial charge in [0.25, 0.3) is 0 Å². The summed E-state index contributed by atoms with van der Waals surface area (Å²) in [5.74, 6) is 0. The van der Waals surface area contributed by atoms with E-state index in [9.17, 15) is 0 Å². The molecule has 2 radical (unpaired) electrons. The van der Waals surface area contributed by atoms with E-state index in [1.807, 2.05) is 0 Å². The number of ether oxygens (including phenoxy) is 2. The van der Waals surface area contributed by atoms with Gasteiger partial charge >= 0.3 is 0 Å². The van der Waals surface area contributed by atoms with E-state index in [1.54, 1.807) is 0 Å². The smallest absolute Gasteiger partial charge is 0.0611 e. The molecule has 0 N–H and O–H groups in total. The zero-order valence-electron chi connectivity index (χ0n) is 15.0. The second-order valence-corrected chi connectivity index (χ2v) is 6.59. The Morgan fingerprint density at radius 2 is 1.05 bits per heavy atom. The van der Waals surface area contributed by atoms with Gasteiger partial charge in [0.2, 0.25) is 0 Å². The number of hydrogen-bond acceptors (Lipinski definition) is 2. The van der Waals surface area contributed by atoms with Crippen LogP contribution in [0.15, 0.2) is 0 Å². The van der Waals surface area contributed by atoms with E-state index >= 15 is 0 Å². The molecule has 0 aliphatic heterocycles. The molecule has 130 valence electrons. The average Bonchev–Trinajstić information content (AvgIpc) is 2.55. The van der Waals surface area contributed by atoms with Crippen LogP contribution >= 0.6 is 0 Å². The molecule has 1 fully saturated rings. The second kappa shape index (κ2) is 14.5. The number of rotatable bonds is 14. The molecule has 2 heteroatoms. The molecular weight excluding hydrogens is 272 g/mol. The van der Waals surface area contributed by atoms with Crippen molar-refractivity contribution in [2.75, 3.05) is 13.2 Å². The van der Waals surface area contributed by atoms with Crippen LogP contribution < -0.4 is 0 Å². The molecular formula is C20H38O2. The van der Waals surface area contributed by atoms with Crippen LogP contribution in [0.4, 0.5) is 0 Å². The molecule has 0 amide bonds. The maximum atomic E-state index is 5.94. The van der Waals surface area contributed by atoms with Crippen LogP contribution in [0, 0.1) is 12.8 Å². The van der Waals surface area contributed by atoms with Crippen molar-refractivity contribution in [3.63, 3.8) is 0 Å². The van der Waals surface area contributed by atoms with Crippen molar-refractivity contribution in [1.82, 2.24) is 0 Å². The van der Waals surface area contributed by atoms with Gasteiger partial charge in [0.15, 0.2) is 0 Å². The van der Waals surface area contributed by atoms with Gasteiger partial charge in [-0.25, -0.2) is 0 Å². The fourth-order valence-corrected chi connectivity index (χ4v) is 2.92. The zero-order valence-corrected chi connectivity index (χ0v) is 15.0. The van der Waals surface area contributed by atoms with Crippen LogP contribution in [0.2, 0.25) is 0 Å². The zero-order chi connectivity index (χ0) is 15.9. The van der Waals surface area contributed by atoms with Gasteiger partial charge in [-0.05, 0) is 38.5 Å². The lowest BCUT2D eigenvalue weighted by atomic mass is 9.95. The van der Waals surface area contributed by atoms with Gasteiger partial charge in [-0.15, -0.1) is 0 Å². The van der Waals surface area contributed by atoms with E-state index in [-0.39, 0.29) is 0 Å². The first-order valence-corrected chi connectivity index (χ1v) is 9.76. The molecule has 1 aliphatic carbocycles. The highest BCUT2D eigenvalue weighted by atomic mass is 16.5. The Hall–Kier alpha value is -0.0800. The number of hydrogen-bond donors (Lipinski definition) is 0. The SMILES string of the molecule is CCCCCCCOC1[CH]CC(OCCCCCCC)[CH]C1. The molecule has 0 aromatic rings. The van der Waals surface area contributed by atoms with Crippen molar-refractivity contribution in [2.24, 2.45) is 0 Å². The maximum Gasteiger partial charge on any atom is 0.0611 e. The van der Waals surface area contributed by atoms with Crippen molar-refractivity contribution < 1.29 is 9.47 Å². The summed E-state index contributed by atoms with van der Waals surface area (Å²) < 4.78 is 11.9. The van der Waals surface area contributed by atoms with E-state index in [1.165, 1.54) is 64.2 Å². The molecule has 0 aromatic carbocycles. The van der Waals surface area contributed by atoms with Crippen LogP contribution in [0.5, 0.6) is 0 Å². The molecule has 2 nitrogen and oxygen atoms in total. The normalized spacial score (nSPS) is 22.1. The van der Waals surface area contributed by atoms with Crippen LogP contribution in [-0.2, 0) is 9.47 Å². The van der Waals surface area contributed by atoms with E-state index in [0.29, 0.717) is 12.2 Å². The Morgan fingerprint density at radius 3 is 1.41 bits per heavy atom. The lowest BCUT2D eigenvalue weighted by molar-refractivity contribution is 0.0183. The number of unbranched alkanes of at least 4 members (excludes halogenated alkanes) is 8. The molecule has 22 heavy (non-hydrogen) atoms. The van der Waals surface area contributed by atoms with Crippen LogP contribution in [0.25, 0.3) is 0 Å². The maximum absolute atomic E-state index is 5.94. The summed E-state index contributed by atoms with van der Waals surface area (Å²) in [6, 6.07) is 0. The summed E-state index contributed by atoms with van der Waals surface area (Å²) in [4.78, 5) is 0. The summed E-state index contributed by atoms with van der Waals surface area (Å²) in [7, 11) is 0. The van der Waals surface area contributed by atoms with Crippen molar-refractivity contribution >= 4 is 0 Å². The molecule has 0 saturated heterocycles. The highest BCUT2D eigenvalue weighted by Crippen LogP contribution is 2.22. The topological polar surface area (TPSA) is 18.5 Å². The van der Waals surface area contributed by atoms with Crippen molar-refractivity contribution in [2.45, 2.75) is 103 Å². The predicted octanol–water partition coefficient (Wildman–Crippen LogP) is 5.90. The van der Waals surface area contributed by atoms with Gasteiger partial charge in [-0.3, -0.25) is 0 Å². The lowest BCUT2D eigenvalue weighted by Crippen LogP contribution is -2.28. The molecule has 1 rings (SSSR count). The summed E-state index contributed by atoms with van der Waals surface area (Å²) in [5.41, 5.74) is 0. The van der Waals surface area contributed by atoms with Crippen molar-refractivity contribution in [1.29, 1.82) is 0 Å². The quantitative estimate of drug-likeness (QED) is 0.372. The third-order valence-electron chi connectivity index (χ3n) is 4.42. The fraction of sp³-hybridized carbons (Fsp3) is 0.900. The van der Waals surface area contributed by atoms with E-state index in [0.717, 1.165) is 26.1 Å². The molecule has 0 spiro atoms. The van der Waals surface area contributed by atoms with E-state index in [4.69, 9.17) is 9.47 Å². The van der Waals surface area contributed by atoms with Crippen LogP contribution in [0.1, 0.15) is 90.9 Å². The van der Waals surface area contributed by atoms with Gasteiger partial charge in [0.1, 0.15) is 0 Å². The van der Waals surface area contributed by atoms with E-state index in [2.05, 4.69) is 26.7 Å². The Kier molecular flexibility index (Phi) is 13.2. The molecule has 0 heterocycles.